The minimum atomic E-state index is -0.416. The van der Waals surface area contributed by atoms with Gasteiger partial charge in [0.1, 0.15) is 22.7 Å². The molecule has 1 aromatic carbocycles. The number of nitrogens with zero attached hydrogens (tertiary/aromatic N) is 2. The summed E-state index contributed by atoms with van der Waals surface area (Å²) < 4.78 is 5.11. The van der Waals surface area contributed by atoms with Crippen LogP contribution in [0.4, 0.5) is 0 Å². The molecule has 3 rings (SSSR count). The fourth-order valence-electron chi connectivity index (χ4n) is 2.03. The number of methoxy groups -OCH3 is 1. The third kappa shape index (κ3) is 2.67. The Morgan fingerprint density at radius 1 is 1.32 bits per heavy atom. The molecule has 0 bridgehead atoms. The number of H-pyrrole nitrogens is 1. The monoisotopic (exact) mass is 295 g/mol. The van der Waals surface area contributed by atoms with Gasteiger partial charge in [-0.05, 0) is 24.3 Å². The molecular weight excluding hydrogens is 282 g/mol. The first-order chi connectivity index (χ1) is 10.7. The molecule has 0 aliphatic carbocycles. The van der Waals surface area contributed by atoms with Crippen molar-refractivity contribution in [2.75, 3.05) is 7.11 Å². The van der Waals surface area contributed by atoms with Crippen LogP contribution in [0.3, 0.4) is 0 Å². The number of hydrogen-bond acceptors (Lipinski definition) is 5. The minimum absolute atomic E-state index is 0.0693. The molecule has 2 N–H and O–H groups in total. The number of pyridine rings is 1. The SMILES string of the molecule is COc1cccc(/C(O)=C/c2nc3cccnc3[nH]c2=O)c1. The van der Waals surface area contributed by atoms with Crippen LogP contribution in [0.15, 0.2) is 47.4 Å². The van der Waals surface area contributed by atoms with E-state index in [2.05, 4.69) is 15.0 Å². The van der Waals surface area contributed by atoms with Crippen LogP contribution in [0.5, 0.6) is 5.75 Å². The molecule has 2 heterocycles. The number of aromatic amines is 1. The Hall–Kier alpha value is -3.15. The van der Waals surface area contributed by atoms with Crippen molar-refractivity contribution >= 4 is 23.0 Å². The third-order valence-corrected chi connectivity index (χ3v) is 3.13. The van der Waals surface area contributed by atoms with Crippen LogP contribution >= 0.6 is 0 Å². The summed E-state index contributed by atoms with van der Waals surface area (Å²) in [5, 5.41) is 10.2. The number of aliphatic hydroxyl groups excluding tert-OH is 1. The Labute approximate surface area is 125 Å². The summed E-state index contributed by atoms with van der Waals surface area (Å²) in [4.78, 5) is 22.8. The normalized spacial score (nSPS) is 11.6. The maximum absolute atomic E-state index is 12.0. The first-order valence-corrected chi connectivity index (χ1v) is 6.57. The summed E-state index contributed by atoms with van der Waals surface area (Å²) in [5.41, 5.74) is 1.19. The van der Waals surface area contributed by atoms with Crippen molar-refractivity contribution in [3.8, 4) is 5.75 Å². The molecule has 0 aliphatic heterocycles. The predicted molar refractivity (Wildman–Crippen MR) is 83.7 cm³/mol. The summed E-state index contributed by atoms with van der Waals surface area (Å²) in [6.45, 7) is 0. The number of nitrogens with one attached hydrogen (secondary N) is 1. The smallest absolute Gasteiger partial charge is 0.275 e. The first kappa shape index (κ1) is 13.8. The minimum Gasteiger partial charge on any atom is -0.507 e. The summed E-state index contributed by atoms with van der Waals surface area (Å²) in [6, 6.07) is 10.4. The van der Waals surface area contributed by atoms with Crippen molar-refractivity contribution in [3.63, 3.8) is 0 Å². The van der Waals surface area contributed by atoms with Crippen LogP contribution < -0.4 is 10.3 Å². The molecule has 22 heavy (non-hydrogen) atoms. The van der Waals surface area contributed by atoms with Gasteiger partial charge in [-0.1, -0.05) is 12.1 Å². The molecule has 2 aromatic heterocycles. The van der Waals surface area contributed by atoms with Gasteiger partial charge >= 0.3 is 0 Å². The van der Waals surface area contributed by atoms with E-state index in [0.29, 0.717) is 22.5 Å². The maximum atomic E-state index is 12.0. The first-order valence-electron chi connectivity index (χ1n) is 6.57. The number of fused-ring (bicyclic) bond motifs is 1. The molecule has 0 saturated heterocycles. The van der Waals surface area contributed by atoms with Gasteiger partial charge in [0.2, 0.25) is 0 Å². The largest absolute Gasteiger partial charge is 0.507 e. The lowest BCUT2D eigenvalue weighted by atomic mass is 10.1. The van der Waals surface area contributed by atoms with Gasteiger partial charge in [-0.3, -0.25) is 4.79 Å². The van der Waals surface area contributed by atoms with E-state index in [4.69, 9.17) is 4.74 Å². The van der Waals surface area contributed by atoms with E-state index in [1.54, 1.807) is 49.7 Å². The number of benzene rings is 1. The molecule has 0 amide bonds. The lowest BCUT2D eigenvalue weighted by Crippen LogP contribution is -2.12. The zero-order valence-corrected chi connectivity index (χ0v) is 11.8. The zero-order chi connectivity index (χ0) is 15.5. The molecule has 0 saturated carbocycles. The highest BCUT2D eigenvalue weighted by Crippen LogP contribution is 2.19. The summed E-state index contributed by atoms with van der Waals surface area (Å²) in [7, 11) is 1.54. The van der Waals surface area contributed by atoms with E-state index < -0.39 is 5.56 Å². The van der Waals surface area contributed by atoms with Crippen molar-refractivity contribution in [1.82, 2.24) is 15.0 Å². The second kappa shape index (κ2) is 5.69. The third-order valence-electron chi connectivity index (χ3n) is 3.13. The fourth-order valence-corrected chi connectivity index (χ4v) is 2.03. The van der Waals surface area contributed by atoms with Gasteiger partial charge in [0, 0.05) is 17.8 Å². The zero-order valence-electron chi connectivity index (χ0n) is 11.8. The number of aliphatic hydroxyl groups is 1. The second-order valence-corrected chi connectivity index (χ2v) is 4.58. The molecular formula is C16H13N3O3. The van der Waals surface area contributed by atoms with Gasteiger partial charge in [0.15, 0.2) is 5.65 Å². The van der Waals surface area contributed by atoms with Gasteiger partial charge in [-0.25, -0.2) is 9.97 Å². The molecule has 6 heteroatoms. The number of hydrogen-bond donors (Lipinski definition) is 2. The average Bonchev–Trinajstić information content (AvgIpc) is 2.55. The van der Waals surface area contributed by atoms with Crippen molar-refractivity contribution in [1.29, 1.82) is 0 Å². The van der Waals surface area contributed by atoms with Gasteiger partial charge in [-0.15, -0.1) is 0 Å². The van der Waals surface area contributed by atoms with Crippen LogP contribution in [0.25, 0.3) is 23.0 Å². The average molecular weight is 295 g/mol. The van der Waals surface area contributed by atoms with E-state index in [9.17, 15) is 9.90 Å². The molecule has 0 aliphatic rings. The standard InChI is InChI=1S/C16H13N3O3/c1-22-11-5-2-4-10(8-11)14(20)9-13-16(21)19-15-12(18-13)6-3-7-17-15/h2-9,20H,1H3,(H,17,19,21)/b14-9-. The Kier molecular flexibility index (Phi) is 3.57. The predicted octanol–water partition coefficient (Wildman–Crippen LogP) is 2.38. The Morgan fingerprint density at radius 2 is 2.18 bits per heavy atom. The van der Waals surface area contributed by atoms with Gasteiger partial charge in [0.05, 0.1) is 7.11 Å². The van der Waals surface area contributed by atoms with Gasteiger partial charge in [0.25, 0.3) is 5.56 Å². The molecule has 6 nitrogen and oxygen atoms in total. The van der Waals surface area contributed by atoms with Gasteiger partial charge < -0.3 is 14.8 Å². The van der Waals surface area contributed by atoms with E-state index in [-0.39, 0.29) is 11.5 Å². The molecule has 0 radical (unpaired) electrons. The van der Waals surface area contributed by atoms with Crippen molar-refractivity contribution in [3.05, 3.63) is 64.2 Å². The molecule has 0 spiro atoms. The lowest BCUT2D eigenvalue weighted by molar-refractivity contribution is 0.414. The highest BCUT2D eigenvalue weighted by atomic mass is 16.5. The fraction of sp³-hybridized carbons (Fsp3) is 0.0625. The van der Waals surface area contributed by atoms with Crippen LogP contribution in [0, 0.1) is 0 Å². The molecule has 0 unspecified atom stereocenters. The van der Waals surface area contributed by atoms with Gasteiger partial charge in [-0.2, -0.15) is 0 Å². The second-order valence-electron chi connectivity index (χ2n) is 4.58. The Balaban J connectivity index is 2.07. The van der Waals surface area contributed by atoms with E-state index in [0.717, 1.165) is 0 Å². The van der Waals surface area contributed by atoms with Crippen LogP contribution in [0.1, 0.15) is 11.3 Å². The number of aromatic nitrogens is 3. The van der Waals surface area contributed by atoms with E-state index in [1.807, 2.05) is 0 Å². The lowest BCUT2D eigenvalue weighted by Gasteiger charge is -2.04. The van der Waals surface area contributed by atoms with Crippen LogP contribution in [-0.2, 0) is 0 Å². The van der Waals surface area contributed by atoms with Crippen molar-refractivity contribution in [2.24, 2.45) is 0 Å². The molecule has 3 aromatic rings. The highest BCUT2D eigenvalue weighted by Gasteiger charge is 2.06. The Morgan fingerprint density at radius 3 is 3.00 bits per heavy atom. The Bertz CT molecular complexity index is 916. The summed E-state index contributed by atoms with van der Waals surface area (Å²) in [5.74, 6) is 0.544. The van der Waals surface area contributed by atoms with Crippen molar-refractivity contribution in [2.45, 2.75) is 0 Å². The maximum Gasteiger partial charge on any atom is 0.275 e. The highest BCUT2D eigenvalue weighted by molar-refractivity contribution is 5.78. The van der Waals surface area contributed by atoms with E-state index in [1.165, 1.54) is 6.08 Å². The number of ether oxygens (including phenoxy) is 1. The van der Waals surface area contributed by atoms with Crippen LogP contribution in [-0.4, -0.2) is 27.2 Å². The molecule has 110 valence electrons. The summed E-state index contributed by atoms with van der Waals surface area (Å²) >= 11 is 0. The molecule has 0 atom stereocenters. The van der Waals surface area contributed by atoms with Crippen LogP contribution in [0.2, 0.25) is 0 Å². The quantitative estimate of drug-likeness (QED) is 0.724. The summed E-state index contributed by atoms with van der Waals surface area (Å²) in [6.07, 6.45) is 2.89. The van der Waals surface area contributed by atoms with E-state index >= 15 is 0 Å². The molecule has 0 fully saturated rings. The van der Waals surface area contributed by atoms with Crippen molar-refractivity contribution < 1.29 is 9.84 Å². The number of rotatable bonds is 3. The topological polar surface area (TPSA) is 88.1 Å².